The lowest BCUT2D eigenvalue weighted by atomic mass is 10.2. The zero-order chi connectivity index (χ0) is 18.3. The van der Waals surface area contributed by atoms with Gasteiger partial charge < -0.3 is 15.0 Å². The molecular weight excluding hydrogens is 306 g/mol. The van der Waals surface area contributed by atoms with Crippen LogP contribution in [0.2, 0.25) is 0 Å². The number of piperazine rings is 1. The molecule has 1 unspecified atom stereocenters. The zero-order valence-corrected chi connectivity index (χ0v) is 15.7. The second-order valence-corrected chi connectivity index (χ2v) is 7.03. The van der Waals surface area contributed by atoms with Gasteiger partial charge in [0.05, 0.1) is 5.71 Å². The Balaban J connectivity index is 2.59. The van der Waals surface area contributed by atoms with Crippen LogP contribution in [0.25, 0.3) is 0 Å². The van der Waals surface area contributed by atoms with Gasteiger partial charge in [0.15, 0.2) is 0 Å². The number of amides is 1. The van der Waals surface area contributed by atoms with Crippen LogP contribution in [0.5, 0.6) is 0 Å². The Labute approximate surface area is 145 Å². The summed E-state index contributed by atoms with van der Waals surface area (Å²) in [5.74, 6) is 0. The maximum absolute atomic E-state index is 12.2. The Hall–Kier alpha value is -1.76. The molecule has 0 aromatic carbocycles. The molecule has 0 aromatic heterocycles. The van der Waals surface area contributed by atoms with Gasteiger partial charge in [0.2, 0.25) is 0 Å². The summed E-state index contributed by atoms with van der Waals surface area (Å²) < 4.78 is 5.44. The van der Waals surface area contributed by atoms with Crippen molar-refractivity contribution in [3.8, 4) is 0 Å². The molecule has 1 aliphatic rings. The van der Waals surface area contributed by atoms with Crippen molar-refractivity contribution in [1.29, 1.82) is 5.41 Å². The summed E-state index contributed by atoms with van der Waals surface area (Å²) in [7, 11) is 0. The molecule has 1 rings (SSSR count). The fourth-order valence-corrected chi connectivity index (χ4v) is 2.54. The number of aliphatic imine (C=N–C) groups is 2. The molecule has 0 radical (unpaired) electrons. The van der Waals surface area contributed by atoms with E-state index in [2.05, 4.69) is 21.8 Å². The molecule has 1 amide bonds. The quantitative estimate of drug-likeness (QED) is 0.618. The molecule has 1 fully saturated rings. The molecule has 1 N–H and O–H groups in total. The Bertz CT molecular complexity index is 496. The summed E-state index contributed by atoms with van der Waals surface area (Å²) in [6.45, 7) is 13.7. The van der Waals surface area contributed by atoms with E-state index in [9.17, 15) is 4.79 Å². The molecule has 0 saturated carbocycles. The largest absolute Gasteiger partial charge is 0.444 e. The van der Waals surface area contributed by atoms with Crippen LogP contribution < -0.4 is 0 Å². The third-order valence-electron chi connectivity index (χ3n) is 3.85. The van der Waals surface area contributed by atoms with E-state index < -0.39 is 5.60 Å². The first-order valence-corrected chi connectivity index (χ1v) is 8.50. The molecule has 1 saturated heterocycles. The summed E-state index contributed by atoms with van der Waals surface area (Å²) in [5, 5.41) is 7.22. The van der Waals surface area contributed by atoms with Crippen molar-refractivity contribution >= 4 is 24.4 Å². The molecule has 7 nitrogen and oxygen atoms in total. The predicted molar refractivity (Wildman–Crippen MR) is 98.4 cm³/mol. The average molecular weight is 337 g/mol. The normalized spacial score (nSPS) is 21.8. The lowest BCUT2D eigenvalue weighted by Crippen LogP contribution is -2.56. The number of carbonyl (C=O) groups is 1. The van der Waals surface area contributed by atoms with Crippen LogP contribution in [0.15, 0.2) is 9.98 Å². The van der Waals surface area contributed by atoms with Crippen molar-refractivity contribution in [3.05, 3.63) is 0 Å². The van der Waals surface area contributed by atoms with E-state index in [1.807, 2.05) is 34.6 Å². The summed E-state index contributed by atoms with van der Waals surface area (Å²) in [6, 6.07) is 0.191. The number of nitrogens with zero attached hydrogens (tertiary/aromatic N) is 4. The van der Waals surface area contributed by atoms with Gasteiger partial charge >= 0.3 is 6.09 Å². The highest BCUT2D eigenvalue weighted by molar-refractivity contribution is 6.30. The molecule has 7 heteroatoms. The topological polar surface area (TPSA) is 81.4 Å². The summed E-state index contributed by atoms with van der Waals surface area (Å²) in [6.07, 6.45) is 3.22. The van der Waals surface area contributed by atoms with E-state index in [4.69, 9.17) is 10.1 Å². The Kier molecular flexibility index (Phi) is 7.54. The molecule has 24 heavy (non-hydrogen) atoms. The lowest BCUT2D eigenvalue weighted by Gasteiger charge is -2.41. The number of ether oxygens (including phenoxy) is 1. The van der Waals surface area contributed by atoms with E-state index in [0.29, 0.717) is 18.8 Å². The third kappa shape index (κ3) is 6.39. The van der Waals surface area contributed by atoms with Gasteiger partial charge in [-0.25, -0.2) is 9.79 Å². The van der Waals surface area contributed by atoms with Crippen molar-refractivity contribution < 1.29 is 9.53 Å². The summed E-state index contributed by atoms with van der Waals surface area (Å²) in [5.41, 5.74) is 0.229. The van der Waals surface area contributed by atoms with E-state index in [1.54, 1.807) is 4.90 Å². The smallest absolute Gasteiger partial charge is 0.410 e. The van der Waals surface area contributed by atoms with Gasteiger partial charge in [-0.15, -0.1) is 0 Å². The second kappa shape index (κ2) is 8.92. The predicted octanol–water partition coefficient (Wildman–Crippen LogP) is 2.80. The highest BCUT2D eigenvalue weighted by Crippen LogP contribution is 2.17. The van der Waals surface area contributed by atoms with Gasteiger partial charge in [0.1, 0.15) is 18.1 Å². The summed E-state index contributed by atoms with van der Waals surface area (Å²) >= 11 is 0. The highest BCUT2D eigenvalue weighted by Gasteiger charge is 2.31. The molecule has 2 atom stereocenters. The van der Waals surface area contributed by atoms with Crippen molar-refractivity contribution in [3.63, 3.8) is 0 Å². The van der Waals surface area contributed by atoms with Gasteiger partial charge in [-0.05, 0) is 41.0 Å². The first-order chi connectivity index (χ1) is 11.2. The molecule has 0 spiro atoms. The van der Waals surface area contributed by atoms with E-state index in [1.165, 1.54) is 12.6 Å². The van der Waals surface area contributed by atoms with E-state index in [0.717, 1.165) is 13.0 Å². The van der Waals surface area contributed by atoms with E-state index in [-0.39, 0.29) is 18.3 Å². The number of carbonyl (C=O) groups excluding carboxylic acids is 1. The van der Waals surface area contributed by atoms with Gasteiger partial charge in [-0.3, -0.25) is 9.89 Å². The van der Waals surface area contributed by atoms with Gasteiger partial charge in [-0.2, -0.15) is 0 Å². The maximum atomic E-state index is 12.2. The maximum Gasteiger partial charge on any atom is 0.410 e. The van der Waals surface area contributed by atoms with Crippen LogP contribution in [-0.2, 0) is 4.74 Å². The monoisotopic (exact) mass is 337 g/mol. The van der Waals surface area contributed by atoms with Crippen molar-refractivity contribution in [1.82, 2.24) is 9.80 Å². The van der Waals surface area contributed by atoms with Crippen LogP contribution in [-0.4, -0.2) is 71.6 Å². The minimum Gasteiger partial charge on any atom is -0.444 e. The van der Waals surface area contributed by atoms with Crippen LogP contribution in [0.1, 0.15) is 48.0 Å². The highest BCUT2D eigenvalue weighted by atomic mass is 16.6. The summed E-state index contributed by atoms with van der Waals surface area (Å²) in [4.78, 5) is 24.8. The molecule has 136 valence electrons. The second-order valence-electron chi connectivity index (χ2n) is 7.03. The first kappa shape index (κ1) is 20.3. The van der Waals surface area contributed by atoms with Crippen LogP contribution in [0.4, 0.5) is 4.79 Å². The van der Waals surface area contributed by atoms with Crippen LogP contribution in [0, 0.1) is 5.41 Å². The zero-order valence-electron chi connectivity index (χ0n) is 15.7. The Morgan fingerprint density at radius 3 is 2.58 bits per heavy atom. The van der Waals surface area contributed by atoms with Crippen LogP contribution >= 0.6 is 0 Å². The van der Waals surface area contributed by atoms with Crippen molar-refractivity contribution in [2.24, 2.45) is 9.98 Å². The lowest BCUT2D eigenvalue weighted by molar-refractivity contribution is 0.000194. The standard InChI is InChI=1S/C17H31N5O2/c1-7-15(10-18)20-12-19-14(3)22-9-8-21(11-13(22)2)16(23)24-17(4,5)6/h10,12-14,18H,7-9,11H2,1-6H3/t13-,14?/m0/s1. The number of hydrogen-bond acceptors (Lipinski definition) is 5. The third-order valence-corrected chi connectivity index (χ3v) is 3.85. The Morgan fingerprint density at radius 1 is 1.42 bits per heavy atom. The Morgan fingerprint density at radius 2 is 2.08 bits per heavy atom. The average Bonchev–Trinajstić information content (AvgIpc) is 2.49. The number of rotatable bonds is 5. The molecule has 0 bridgehead atoms. The molecule has 0 aromatic rings. The number of nitrogens with one attached hydrogen (secondary N) is 1. The van der Waals surface area contributed by atoms with Crippen molar-refractivity contribution in [2.75, 3.05) is 19.6 Å². The minimum absolute atomic E-state index is 0.0200. The molecule has 1 aliphatic heterocycles. The number of hydrogen-bond donors (Lipinski definition) is 1. The molecule has 0 aliphatic carbocycles. The first-order valence-electron chi connectivity index (χ1n) is 8.50. The van der Waals surface area contributed by atoms with Crippen LogP contribution in [0.3, 0.4) is 0 Å². The minimum atomic E-state index is -0.473. The SMILES string of the molecule is CCC(C=N)=NC=NC(C)N1CCN(C(=O)OC(C)(C)C)C[C@@H]1C. The fraction of sp³-hybridized carbons (Fsp3) is 0.765. The van der Waals surface area contributed by atoms with Gasteiger partial charge in [0.25, 0.3) is 0 Å². The van der Waals surface area contributed by atoms with E-state index >= 15 is 0 Å². The van der Waals surface area contributed by atoms with Gasteiger partial charge in [-0.1, -0.05) is 6.92 Å². The molecular formula is C17H31N5O2. The van der Waals surface area contributed by atoms with Gasteiger partial charge in [0, 0.05) is 31.9 Å². The molecule has 1 heterocycles. The fourth-order valence-electron chi connectivity index (χ4n) is 2.54. The van der Waals surface area contributed by atoms with Crippen molar-refractivity contribution in [2.45, 2.75) is 65.8 Å².